The fourth-order valence-electron chi connectivity index (χ4n) is 2.55. The number of carbonyl (C=O) groups excluding carboxylic acids is 1. The monoisotopic (exact) mass is 421 g/mol. The molecule has 0 aliphatic carbocycles. The van der Waals surface area contributed by atoms with Gasteiger partial charge in [-0.15, -0.1) is 11.3 Å². The number of hydrogen-bond acceptors (Lipinski definition) is 5. The Labute approximate surface area is 169 Å². The zero-order valence-corrected chi connectivity index (χ0v) is 16.5. The lowest BCUT2D eigenvalue weighted by Gasteiger charge is -2.14. The molecule has 1 amide bonds. The summed E-state index contributed by atoms with van der Waals surface area (Å²) in [5.74, 6) is -0.400. The van der Waals surface area contributed by atoms with Gasteiger partial charge in [-0.1, -0.05) is 36.4 Å². The average molecular weight is 421 g/mol. The van der Waals surface area contributed by atoms with Gasteiger partial charge in [0.1, 0.15) is 9.88 Å². The minimum atomic E-state index is -4.42. The summed E-state index contributed by atoms with van der Waals surface area (Å²) >= 11 is 1.30. The van der Waals surface area contributed by atoms with E-state index in [0.717, 1.165) is 10.6 Å². The van der Waals surface area contributed by atoms with E-state index in [9.17, 15) is 18.0 Å². The van der Waals surface area contributed by atoms with Crippen LogP contribution in [0, 0.1) is 6.92 Å². The van der Waals surface area contributed by atoms with Gasteiger partial charge in [0.05, 0.1) is 11.7 Å². The fraction of sp³-hybridized carbons (Fsp3) is 0.250. The SMILES string of the molecule is Cc1nc(-c2ccccc2)sc1C(=O)NC(C)c1ccc(OCC(F)(F)F)nc1. The van der Waals surface area contributed by atoms with Crippen LogP contribution in [0.5, 0.6) is 5.88 Å². The molecule has 1 atom stereocenters. The highest BCUT2D eigenvalue weighted by Crippen LogP contribution is 2.28. The number of rotatable bonds is 6. The number of benzene rings is 1. The molecule has 3 rings (SSSR count). The molecule has 0 radical (unpaired) electrons. The Bertz CT molecular complexity index is 973. The normalized spacial score (nSPS) is 12.4. The predicted octanol–water partition coefficient (Wildman–Crippen LogP) is 4.95. The van der Waals surface area contributed by atoms with Gasteiger partial charge in [-0.25, -0.2) is 9.97 Å². The molecule has 2 aromatic heterocycles. The molecule has 0 spiro atoms. The number of aryl methyl sites for hydroxylation is 1. The second kappa shape index (κ2) is 8.60. The van der Waals surface area contributed by atoms with Gasteiger partial charge in [0.2, 0.25) is 5.88 Å². The van der Waals surface area contributed by atoms with Crippen LogP contribution in [0.25, 0.3) is 10.6 Å². The summed E-state index contributed by atoms with van der Waals surface area (Å²) in [7, 11) is 0. The van der Waals surface area contributed by atoms with Gasteiger partial charge in [0.25, 0.3) is 5.91 Å². The number of pyridine rings is 1. The Kier molecular flexibility index (Phi) is 6.17. The summed E-state index contributed by atoms with van der Waals surface area (Å²) in [6.07, 6.45) is -3.04. The van der Waals surface area contributed by atoms with Crippen LogP contribution in [0.3, 0.4) is 0 Å². The van der Waals surface area contributed by atoms with Crippen molar-refractivity contribution in [3.8, 4) is 16.5 Å². The van der Waals surface area contributed by atoms with Crippen molar-refractivity contribution in [1.29, 1.82) is 0 Å². The topological polar surface area (TPSA) is 64.1 Å². The van der Waals surface area contributed by atoms with Crippen LogP contribution in [0.1, 0.15) is 33.9 Å². The summed E-state index contributed by atoms with van der Waals surface area (Å²) in [4.78, 5) is 21.5. The smallest absolute Gasteiger partial charge is 0.422 e. The molecule has 29 heavy (non-hydrogen) atoms. The second-order valence-electron chi connectivity index (χ2n) is 6.33. The van der Waals surface area contributed by atoms with Gasteiger partial charge in [-0.05, 0) is 19.4 Å². The lowest BCUT2D eigenvalue weighted by atomic mass is 10.1. The molecule has 0 aliphatic heterocycles. The molecule has 3 aromatic rings. The average Bonchev–Trinajstić information content (AvgIpc) is 3.09. The summed E-state index contributed by atoms with van der Waals surface area (Å²) in [5, 5.41) is 3.62. The van der Waals surface area contributed by atoms with Crippen molar-refractivity contribution in [3.05, 3.63) is 64.8 Å². The first-order valence-corrected chi connectivity index (χ1v) is 9.54. The van der Waals surface area contributed by atoms with Crippen molar-refractivity contribution in [2.24, 2.45) is 0 Å². The van der Waals surface area contributed by atoms with E-state index in [4.69, 9.17) is 0 Å². The van der Waals surface area contributed by atoms with Crippen LogP contribution >= 0.6 is 11.3 Å². The number of halogens is 3. The molecule has 5 nitrogen and oxygen atoms in total. The van der Waals surface area contributed by atoms with Crippen molar-refractivity contribution >= 4 is 17.2 Å². The molecule has 1 aromatic carbocycles. The van der Waals surface area contributed by atoms with E-state index >= 15 is 0 Å². The lowest BCUT2D eigenvalue weighted by Crippen LogP contribution is -2.26. The number of alkyl halides is 3. The maximum atomic E-state index is 12.7. The fourth-order valence-corrected chi connectivity index (χ4v) is 3.52. The van der Waals surface area contributed by atoms with Gasteiger partial charge in [-0.2, -0.15) is 13.2 Å². The third-order valence-electron chi connectivity index (χ3n) is 4.01. The molecule has 0 fully saturated rings. The van der Waals surface area contributed by atoms with Crippen LogP contribution < -0.4 is 10.1 Å². The van der Waals surface area contributed by atoms with Gasteiger partial charge >= 0.3 is 6.18 Å². The summed E-state index contributed by atoms with van der Waals surface area (Å²) in [6.45, 7) is 2.14. The van der Waals surface area contributed by atoms with Crippen molar-refractivity contribution in [2.75, 3.05) is 6.61 Å². The highest BCUT2D eigenvalue weighted by Gasteiger charge is 2.28. The first-order chi connectivity index (χ1) is 13.7. The zero-order valence-electron chi connectivity index (χ0n) is 15.7. The van der Waals surface area contributed by atoms with Crippen molar-refractivity contribution < 1.29 is 22.7 Å². The lowest BCUT2D eigenvalue weighted by molar-refractivity contribution is -0.154. The molecule has 1 N–H and O–H groups in total. The van der Waals surface area contributed by atoms with Gasteiger partial charge < -0.3 is 10.1 Å². The number of amides is 1. The van der Waals surface area contributed by atoms with Crippen LogP contribution in [0.15, 0.2) is 48.7 Å². The Morgan fingerprint density at radius 3 is 2.55 bits per heavy atom. The third-order valence-corrected chi connectivity index (χ3v) is 5.22. The van der Waals surface area contributed by atoms with Gasteiger partial charge in [0.15, 0.2) is 6.61 Å². The largest absolute Gasteiger partial charge is 0.468 e. The predicted molar refractivity (Wildman–Crippen MR) is 104 cm³/mol. The summed E-state index contributed by atoms with van der Waals surface area (Å²) in [5.41, 5.74) is 2.21. The standard InChI is InChI=1S/C20H18F3N3O2S/c1-12(15-8-9-16(24-10-15)28-11-20(21,22)23)25-18(27)17-13(2)26-19(29-17)14-6-4-3-5-7-14/h3-10,12H,11H2,1-2H3,(H,25,27). The molecule has 0 bridgehead atoms. The Morgan fingerprint density at radius 1 is 1.21 bits per heavy atom. The Morgan fingerprint density at radius 2 is 1.93 bits per heavy atom. The van der Waals surface area contributed by atoms with Crippen molar-refractivity contribution in [1.82, 2.24) is 15.3 Å². The highest BCUT2D eigenvalue weighted by molar-refractivity contribution is 7.17. The van der Waals surface area contributed by atoms with E-state index in [2.05, 4.69) is 20.0 Å². The van der Waals surface area contributed by atoms with Gasteiger partial charge in [-0.3, -0.25) is 4.79 Å². The Hall–Kier alpha value is -2.94. The van der Waals surface area contributed by atoms with E-state index in [-0.39, 0.29) is 11.8 Å². The zero-order chi connectivity index (χ0) is 21.0. The van der Waals surface area contributed by atoms with E-state index in [1.165, 1.54) is 23.6 Å². The third kappa shape index (κ3) is 5.54. The number of thiazole rings is 1. The minimum absolute atomic E-state index is 0.129. The van der Waals surface area contributed by atoms with Crippen LogP contribution in [-0.4, -0.2) is 28.7 Å². The maximum absolute atomic E-state index is 12.7. The number of hydrogen-bond donors (Lipinski definition) is 1. The van der Waals surface area contributed by atoms with E-state index < -0.39 is 18.8 Å². The van der Waals surface area contributed by atoms with Gasteiger partial charge in [0, 0.05) is 17.8 Å². The number of aromatic nitrogens is 2. The summed E-state index contributed by atoms with van der Waals surface area (Å²) < 4.78 is 41.2. The van der Waals surface area contributed by atoms with E-state index in [1.807, 2.05) is 30.3 Å². The molecule has 0 saturated carbocycles. The molecular formula is C20H18F3N3O2S. The molecule has 2 heterocycles. The number of nitrogens with one attached hydrogen (secondary N) is 1. The van der Waals surface area contributed by atoms with Crippen molar-refractivity contribution in [3.63, 3.8) is 0 Å². The number of nitrogens with zero attached hydrogens (tertiary/aromatic N) is 2. The van der Waals surface area contributed by atoms with Crippen LogP contribution in [-0.2, 0) is 0 Å². The van der Waals surface area contributed by atoms with Crippen molar-refractivity contribution in [2.45, 2.75) is 26.1 Å². The molecule has 9 heteroatoms. The maximum Gasteiger partial charge on any atom is 0.422 e. The molecule has 152 valence electrons. The van der Waals surface area contributed by atoms with Crippen LogP contribution in [0.2, 0.25) is 0 Å². The highest BCUT2D eigenvalue weighted by atomic mass is 32.1. The summed E-state index contributed by atoms with van der Waals surface area (Å²) in [6, 6.07) is 12.1. The van der Waals surface area contributed by atoms with E-state index in [0.29, 0.717) is 16.1 Å². The first-order valence-electron chi connectivity index (χ1n) is 8.72. The first kappa shape index (κ1) is 20.8. The molecule has 0 saturated heterocycles. The quantitative estimate of drug-likeness (QED) is 0.612. The number of carbonyl (C=O) groups is 1. The minimum Gasteiger partial charge on any atom is -0.468 e. The molecule has 0 aliphatic rings. The molecular weight excluding hydrogens is 403 g/mol. The Balaban J connectivity index is 1.65. The number of ether oxygens (including phenoxy) is 1. The van der Waals surface area contributed by atoms with Crippen LogP contribution in [0.4, 0.5) is 13.2 Å². The molecule has 1 unspecified atom stereocenters. The second-order valence-corrected chi connectivity index (χ2v) is 7.33. The van der Waals surface area contributed by atoms with E-state index in [1.54, 1.807) is 19.9 Å².